The molecule has 0 saturated carbocycles. The Kier molecular flexibility index (Phi) is 27.1. The van der Waals surface area contributed by atoms with Gasteiger partial charge in [-0.05, 0) is 38.5 Å². The number of ether oxygens (including phenoxy) is 2. The Hall–Kier alpha value is -5.23. The largest absolute Gasteiger partial charge is 0.481 e. The molecule has 0 saturated heterocycles. The molecular formula is C37H59N7O16S. The van der Waals surface area contributed by atoms with E-state index < -0.39 is 94.3 Å². The fourth-order valence-electron chi connectivity index (χ4n) is 5.69. The molecule has 1 aromatic rings. The molecule has 0 bridgehead atoms. The van der Waals surface area contributed by atoms with Crippen molar-refractivity contribution in [2.75, 3.05) is 38.7 Å². The molecule has 0 aliphatic heterocycles. The molecule has 0 radical (unpaired) electrons. The zero-order valence-corrected chi connectivity index (χ0v) is 35.2. The Morgan fingerprint density at radius 3 is 2.00 bits per heavy atom. The molecular weight excluding hydrogens is 831 g/mol. The predicted molar refractivity (Wildman–Crippen MR) is 211 cm³/mol. The first-order chi connectivity index (χ1) is 28.9. The standard InChI is InChI=1S/C37H59N7O16S/c1-2-27(45)9-5-3-4-8-25(35(51)52)23-29(47)24-60-20-19-59-18-17-38-32(48)16-13-26(36(53)54)22-28(46)14-15-30(37(55)56)39-33(49)12-7-21-61(57,58)42-34(50)11-6-10-31-40-43-44-41-31/h25-26,30H,2-24H2,1H3,(H,38,48)(H,39,49)(H,42,50)(H,51,52)(H,53,54)(H,55,56)(H,40,41,43,44). The number of hydrogen-bond donors (Lipinski definition) is 7. The average Bonchev–Trinajstić information content (AvgIpc) is 3.71. The van der Waals surface area contributed by atoms with Crippen LogP contribution in [0.2, 0.25) is 0 Å². The second-order valence-corrected chi connectivity index (χ2v) is 16.1. The van der Waals surface area contributed by atoms with E-state index in [1.807, 2.05) is 4.72 Å². The van der Waals surface area contributed by atoms with Crippen LogP contribution in [0.5, 0.6) is 0 Å². The average molecular weight is 890 g/mol. The maximum absolute atomic E-state index is 12.6. The summed E-state index contributed by atoms with van der Waals surface area (Å²) in [6.07, 6.45) is 1.15. The molecule has 0 aliphatic rings. The van der Waals surface area contributed by atoms with Gasteiger partial charge in [0.2, 0.25) is 27.7 Å². The summed E-state index contributed by atoms with van der Waals surface area (Å²) in [4.78, 5) is 108. The number of nitrogens with zero attached hydrogens (tertiary/aromatic N) is 3. The topological polar surface area (TPSA) is 357 Å². The Balaban J connectivity index is 2.27. The van der Waals surface area contributed by atoms with Crippen molar-refractivity contribution in [3.05, 3.63) is 5.82 Å². The number of carbonyl (C=O) groups excluding carboxylic acids is 6. The Morgan fingerprint density at radius 2 is 1.34 bits per heavy atom. The molecule has 24 heteroatoms. The van der Waals surface area contributed by atoms with E-state index in [9.17, 15) is 66.9 Å². The van der Waals surface area contributed by atoms with Crippen LogP contribution in [-0.4, -0.2) is 142 Å². The van der Waals surface area contributed by atoms with Gasteiger partial charge in [-0.3, -0.25) is 43.1 Å². The van der Waals surface area contributed by atoms with Gasteiger partial charge >= 0.3 is 17.9 Å². The number of sulfonamides is 1. The number of aromatic nitrogens is 4. The van der Waals surface area contributed by atoms with Crippen molar-refractivity contribution in [2.45, 2.75) is 122 Å². The van der Waals surface area contributed by atoms with Crippen LogP contribution >= 0.6 is 0 Å². The summed E-state index contributed by atoms with van der Waals surface area (Å²) in [6.45, 7) is 1.76. The number of rotatable bonds is 38. The van der Waals surface area contributed by atoms with E-state index in [1.54, 1.807) is 6.92 Å². The number of carbonyl (C=O) groups is 9. The number of nitrogens with one attached hydrogen (secondary N) is 4. The first-order valence-electron chi connectivity index (χ1n) is 20.1. The smallest absolute Gasteiger partial charge is 0.326 e. The van der Waals surface area contributed by atoms with Crippen LogP contribution in [0.25, 0.3) is 0 Å². The number of carboxylic acids is 3. The van der Waals surface area contributed by atoms with E-state index in [0.717, 1.165) is 0 Å². The van der Waals surface area contributed by atoms with Gasteiger partial charge in [-0.2, -0.15) is 5.21 Å². The lowest BCUT2D eigenvalue weighted by atomic mass is 9.94. The highest BCUT2D eigenvalue weighted by molar-refractivity contribution is 7.90. The number of hydrogen-bond acceptors (Lipinski definition) is 16. The Labute approximate surface area is 353 Å². The first kappa shape index (κ1) is 53.8. The maximum atomic E-state index is 12.6. The number of aromatic amines is 1. The molecule has 0 spiro atoms. The number of aliphatic carboxylic acids is 3. The van der Waals surface area contributed by atoms with Gasteiger partial charge in [-0.25, -0.2) is 13.2 Å². The van der Waals surface area contributed by atoms with E-state index in [-0.39, 0.29) is 89.5 Å². The van der Waals surface area contributed by atoms with Crippen LogP contribution in [0.15, 0.2) is 0 Å². The second kappa shape index (κ2) is 30.7. The second-order valence-electron chi connectivity index (χ2n) is 14.2. The van der Waals surface area contributed by atoms with Gasteiger partial charge in [-0.1, -0.05) is 25.0 Å². The normalized spacial score (nSPS) is 12.7. The summed E-state index contributed by atoms with van der Waals surface area (Å²) in [7, 11) is -4.08. The van der Waals surface area contributed by atoms with Crippen molar-refractivity contribution in [1.29, 1.82) is 0 Å². The van der Waals surface area contributed by atoms with Gasteiger partial charge in [0.05, 0.1) is 37.4 Å². The lowest BCUT2D eigenvalue weighted by molar-refractivity contribution is -0.145. The lowest BCUT2D eigenvalue weighted by Crippen LogP contribution is -2.41. The van der Waals surface area contributed by atoms with Crippen molar-refractivity contribution in [3.63, 3.8) is 0 Å². The summed E-state index contributed by atoms with van der Waals surface area (Å²) in [6, 6.07) is -1.52. The zero-order valence-electron chi connectivity index (χ0n) is 34.4. The van der Waals surface area contributed by atoms with Crippen molar-refractivity contribution < 1.29 is 76.4 Å². The number of aryl methyl sites for hydroxylation is 1. The number of H-pyrrole nitrogens is 1. The molecule has 3 atom stereocenters. The summed E-state index contributed by atoms with van der Waals surface area (Å²) in [5.41, 5.74) is 0. The highest BCUT2D eigenvalue weighted by Crippen LogP contribution is 2.17. The van der Waals surface area contributed by atoms with E-state index in [1.165, 1.54) is 0 Å². The third-order valence-corrected chi connectivity index (χ3v) is 10.5. The van der Waals surface area contributed by atoms with Crippen LogP contribution in [0.4, 0.5) is 0 Å². The monoisotopic (exact) mass is 889 g/mol. The van der Waals surface area contributed by atoms with E-state index >= 15 is 0 Å². The summed E-state index contributed by atoms with van der Waals surface area (Å²) in [5, 5.41) is 46.3. The van der Waals surface area contributed by atoms with Crippen LogP contribution in [0, 0.1) is 11.8 Å². The first-order valence-corrected chi connectivity index (χ1v) is 21.8. The zero-order chi connectivity index (χ0) is 45.6. The summed E-state index contributed by atoms with van der Waals surface area (Å²) < 4.78 is 36.9. The number of Topliss-reactive ketones (excluding diaryl/α,β-unsaturated/α-hetero) is 3. The van der Waals surface area contributed by atoms with Gasteiger partial charge < -0.3 is 35.4 Å². The molecule has 0 aromatic carbocycles. The predicted octanol–water partition coefficient (Wildman–Crippen LogP) is 0.277. The number of ketones is 3. The number of carboxylic acid groups (broad SMARTS) is 3. The molecule has 344 valence electrons. The van der Waals surface area contributed by atoms with E-state index in [2.05, 4.69) is 31.3 Å². The molecule has 3 unspecified atom stereocenters. The molecule has 23 nitrogen and oxygen atoms in total. The molecule has 0 aliphatic carbocycles. The molecule has 1 aromatic heterocycles. The Morgan fingerprint density at radius 1 is 0.672 bits per heavy atom. The van der Waals surface area contributed by atoms with Crippen molar-refractivity contribution in [1.82, 2.24) is 36.0 Å². The third-order valence-electron chi connectivity index (χ3n) is 9.10. The van der Waals surface area contributed by atoms with Gasteiger partial charge in [-0.15, -0.1) is 10.2 Å². The fourth-order valence-corrected chi connectivity index (χ4v) is 6.76. The maximum Gasteiger partial charge on any atom is 0.326 e. The minimum absolute atomic E-state index is 0.0398. The number of amides is 3. The van der Waals surface area contributed by atoms with Crippen molar-refractivity contribution in [2.24, 2.45) is 11.8 Å². The minimum atomic E-state index is -4.08. The SMILES string of the molecule is CCC(=O)CCCCCC(CC(=O)COCCOCCNC(=O)CCC(CC(=O)CCC(NC(=O)CCCS(=O)(=O)NC(=O)CCCc1nn[nH]n1)C(=O)O)C(=O)O)C(=O)O. The van der Waals surface area contributed by atoms with E-state index in [0.29, 0.717) is 50.8 Å². The summed E-state index contributed by atoms with van der Waals surface area (Å²) >= 11 is 0. The highest BCUT2D eigenvalue weighted by Gasteiger charge is 2.26. The fraction of sp³-hybridized carbons (Fsp3) is 0.730. The number of unbranched alkanes of at least 4 members (excludes halogenated alkanes) is 2. The quantitative estimate of drug-likeness (QED) is 0.0438. The van der Waals surface area contributed by atoms with Gasteiger partial charge in [0.1, 0.15) is 24.2 Å². The molecule has 0 fully saturated rings. The Bertz CT molecular complexity index is 1690. The summed E-state index contributed by atoms with van der Waals surface area (Å²) in [5.74, 6) is -9.09. The number of tetrazole rings is 1. The highest BCUT2D eigenvalue weighted by atomic mass is 32.2. The molecule has 61 heavy (non-hydrogen) atoms. The minimum Gasteiger partial charge on any atom is -0.481 e. The van der Waals surface area contributed by atoms with Crippen LogP contribution in [0.1, 0.15) is 115 Å². The van der Waals surface area contributed by atoms with E-state index in [4.69, 9.17) is 9.47 Å². The van der Waals surface area contributed by atoms with Crippen LogP contribution in [0.3, 0.4) is 0 Å². The van der Waals surface area contributed by atoms with Crippen LogP contribution in [-0.2, 0) is 69.1 Å². The van der Waals surface area contributed by atoms with Crippen LogP contribution < -0.4 is 15.4 Å². The molecule has 7 N–H and O–H groups in total. The molecule has 1 heterocycles. The van der Waals surface area contributed by atoms with Crippen molar-refractivity contribution in [3.8, 4) is 0 Å². The van der Waals surface area contributed by atoms with Gasteiger partial charge in [0, 0.05) is 64.3 Å². The molecule has 3 amide bonds. The lowest BCUT2D eigenvalue weighted by Gasteiger charge is -2.15. The van der Waals surface area contributed by atoms with Gasteiger partial charge in [0.15, 0.2) is 11.6 Å². The van der Waals surface area contributed by atoms with Gasteiger partial charge in [0.25, 0.3) is 0 Å². The third kappa shape index (κ3) is 27.3. The van der Waals surface area contributed by atoms with Crippen molar-refractivity contribution >= 4 is 63.0 Å². The molecule has 1 rings (SSSR count).